The maximum atomic E-state index is 10.7. The maximum Gasteiger partial charge on any atom is 0.335 e. The molecular weight excluding hydrogens is 364 g/mol. The topological polar surface area (TPSA) is 91.0 Å². The van der Waals surface area contributed by atoms with E-state index in [0.717, 1.165) is 23.0 Å². The van der Waals surface area contributed by atoms with Gasteiger partial charge in [-0.05, 0) is 81.5 Å². The van der Waals surface area contributed by atoms with Gasteiger partial charge in [0, 0.05) is 31.0 Å². The van der Waals surface area contributed by atoms with Crippen molar-refractivity contribution in [2.45, 2.75) is 39.3 Å². The Hall–Kier alpha value is -2.86. The monoisotopic (exact) mass is 398 g/mol. The molecule has 0 spiro atoms. The Morgan fingerprint density at radius 1 is 1.24 bits per heavy atom. The third kappa shape index (κ3) is 9.25. The van der Waals surface area contributed by atoms with Gasteiger partial charge in [0.2, 0.25) is 0 Å². The number of hydrogen-bond acceptors (Lipinski definition) is 5. The van der Waals surface area contributed by atoms with Gasteiger partial charge in [-0.25, -0.2) is 4.79 Å². The van der Waals surface area contributed by atoms with E-state index < -0.39 is 5.97 Å². The summed E-state index contributed by atoms with van der Waals surface area (Å²) >= 11 is 0. The van der Waals surface area contributed by atoms with Crippen LogP contribution in [0.25, 0.3) is 0 Å². The molecule has 1 saturated heterocycles. The minimum Gasteiger partial charge on any atom is -0.478 e. The van der Waals surface area contributed by atoms with Crippen molar-refractivity contribution in [1.29, 1.82) is 0 Å². The first-order valence-corrected chi connectivity index (χ1v) is 9.91. The Morgan fingerprint density at radius 3 is 2.24 bits per heavy atom. The smallest absolute Gasteiger partial charge is 0.335 e. The molecule has 0 aromatic heterocycles. The van der Waals surface area contributed by atoms with Crippen LogP contribution in [0.2, 0.25) is 0 Å². The molecule has 0 saturated carbocycles. The molecule has 29 heavy (non-hydrogen) atoms. The summed E-state index contributed by atoms with van der Waals surface area (Å²) in [6.45, 7) is 10.9. The number of carbonyl (C=O) groups is 1. The number of carboxylic acid groups (broad SMARTS) is 1. The Balaban J connectivity index is 0.000000317. The third-order valence-electron chi connectivity index (χ3n) is 4.70. The molecule has 1 aliphatic rings. The van der Waals surface area contributed by atoms with Crippen LogP contribution in [0.5, 0.6) is 0 Å². The predicted octanol–water partition coefficient (Wildman–Crippen LogP) is 4.39. The zero-order valence-electron chi connectivity index (χ0n) is 17.8. The number of hydrogen-bond donors (Lipinski definition) is 3. The molecule has 1 aliphatic heterocycles. The lowest BCUT2D eigenvalue weighted by Crippen LogP contribution is -2.25. The van der Waals surface area contributed by atoms with Crippen molar-refractivity contribution in [3.8, 4) is 0 Å². The molecule has 158 valence electrons. The second-order valence-corrected chi connectivity index (χ2v) is 6.91. The normalized spacial score (nSPS) is 15.3. The largest absolute Gasteiger partial charge is 0.478 e. The standard InChI is InChI=1S/C14H14N2O2.C7H15N.C2H5N/c15-12-5-7-13(8-6-12)16-9-10-1-3-11(4-2-10)14(17)18;1-3-8-6-4-5-7(8)2;1-3-2/h1-8,16H,9,15H2,(H,17,18);7H,3-6H2,1-2H3;1H2,2H3. The van der Waals surface area contributed by atoms with Crippen molar-refractivity contribution >= 4 is 24.1 Å². The third-order valence-corrected chi connectivity index (χ3v) is 4.70. The quantitative estimate of drug-likeness (QED) is 0.513. The zero-order valence-corrected chi connectivity index (χ0v) is 17.8. The summed E-state index contributed by atoms with van der Waals surface area (Å²) in [7, 11) is 1.64. The van der Waals surface area contributed by atoms with Gasteiger partial charge in [-0.3, -0.25) is 0 Å². The van der Waals surface area contributed by atoms with Crippen LogP contribution in [0.3, 0.4) is 0 Å². The van der Waals surface area contributed by atoms with Gasteiger partial charge in [0.15, 0.2) is 0 Å². The number of aliphatic imine (C=N–C) groups is 1. The van der Waals surface area contributed by atoms with E-state index >= 15 is 0 Å². The zero-order chi connectivity index (χ0) is 21.6. The van der Waals surface area contributed by atoms with Crippen LogP contribution in [0.4, 0.5) is 11.4 Å². The fourth-order valence-electron chi connectivity index (χ4n) is 3.03. The van der Waals surface area contributed by atoms with E-state index in [1.165, 1.54) is 25.9 Å². The highest BCUT2D eigenvalue weighted by atomic mass is 16.4. The second kappa shape index (κ2) is 13.3. The number of nitrogens with one attached hydrogen (secondary N) is 1. The molecule has 0 radical (unpaired) electrons. The first-order valence-electron chi connectivity index (χ1n) is 9.91. The molecule has 2 aromatic carbocycles. The summed E-state index contributed by atoms with van der Waals surface area (Å²) in [5.74, 6) is -0.909. The van der Waals surface area contributed by atoms with Crippen LogP contribution in [-0.4, -0.2) is 48.9 Å². The number of nitrogen functional groups attached to an aromatic ring is 1. The molecule has 1 unspecified atom stereocenters. The fourth-order valence-corrected chi connectivity index (χ4v) is 3.03. The predicted molar refractivity (Wildman–Crippen MR) is 123 cm³/mol. The summed E-state index contributed by atoms with van der Waals surface area (Å²) in [6.07, 6.45) is 2.82. The minimum atomic E-state index is -0.909. The van der Waals surface area contributed by atoms with Gasteiger partial charge in [-0.1, -0.05) is 19.1 Å². The first-order chi connectivity index (χ1) is 13.9. The lowest BCUT2D eigenvalue weighted by molar-refractivity contribution is 0.0697. The number of benzene rings is 2. The van der Waals surface area contributed by atoms with E-state index in [1.54, 1.807) is 31.3 Å². The number of carboxylic acids is 1. The molecule has 0 amide bonds. The average molecular weight is 399 g/mol. The van der Waals surface area contributed by atoms with E-state index in [9.17, 15) is 4.79 Å². The van der Waals surface area contributed by atoms with Crippen LogP contribution < -0.4 is 11.1 Å². The fraction of sp³-hybridized carbons (Fsp3) is 0.391. The minimum absolute atomic E-state index is 0.297. The molecule has 1 heterocycles. The van der Waals surface area contributed by atoms with Crippen LogP contribution >= 0.6 is 0 Å². The molecule has 1 fully saturated rings. The van der Waals surface area contributed by atoms with Crippen molar-refractivity contribution < 1.29 is 9.90 Å². The molecule has 1 atom stereocenters. The van der Waals surface area contributed by atoms with Crippen LogP contribution in [0.15, 0.2) is 53.5 Å². The van der Waals surface area contributed by atoms with Crippen LogP contribution in [-0.2, 0) is 6.54 Å². The lowest BCUT2D eigenvalue weighted by Gasteiger charge is -2.17. The van der Waals surface area contributed by atoms with Gasteiger partial charge in [-0.15, -0.1) is 0 Å². The molecule has 6 heteroatoms. The number of nitrogens with zero attached hydrogens (tertiary/aromatic N) is 2. The van der Waals surface area contributed by atoms with E-state index in [0.29, 0.717) is 12.1 Å². The first kappa shape index (κ1) is 24.2. The summed E-state index contributed by atoms with van der Waals surface area (Å²) in [5.41, 5.74) is 8.62. The number of likely N-dealkylation sites (tertiary alicyclic amines) is 1. The van der Waals surface area contributed by atoms with Crippen molar-refractivity contribution in [3.05, 3.63) is 59.7 Å². The number of rotatable bonds is 5. The van der Waals surface area contributed by atoms with Crippen LogP contribution in [0.1, 0.15) is 42.6 Å². The van der Waals surface area contributed by atoms with E-state index in [1.807, 2.05) is 24.3 Å². The lowest BCUT2D eigenvalue weighted by atomic mass is 10.1. The van der Waals surface area contributed by atoms with Gasteiger partial charge in [0.25, 0.3) is 0 Å². The van der Waals surface area contributed by atoms with Crippen molar-refractivity contribution in [1.82, 2.24) is 4.90 Å². The summed E-state index contributed by atoms with van der Waals surface area (Å²) in [4.78, 5) is 16.5. The highest BCUT2D eigenvalue weighted by Gasteiger charge is 2.17. The average Bonchev–Trinajstić information content (AvgIpc) is 3.14. The second-order valence-electron chi connectivity index (χ2n) is 6.91. The van der Waals surface area contributed by atoms with E-state index in [-0.39, 0.29) is 0 Å². The summed E-state index contributed by atoms with van der Waals surface area (Å²) < 4.78 is 0. The number of anilines is 2. The van der Waals surface area contributed by atoms with Crippen molar-refractivity contribution in [3.63, 3.8) is 0 Å². The summed E-state index contributed by atoms with van der Waals surface area (Å²) in [6, 6.07) is 15.1. The van der Waals surface area contributed by atoms with Gasteiger partial charge >= 0.3 is 5.97 Å². The summed E-state index contributed by atoms with van der Waals surface area (Å²) in [5, 5.41) is 12.0. The van der Waals surface area contributed by atoms with Gasteiger partial charge in [0.1, 0.15) is 0 Å². The molecule has 3 rings (SSSR count). The van der Waals surface area contributed by atoms with Crippen molar-refractivity contribution in [2.75, 3.05) is 31.2 Å². The SMILES string of the molecule is C=NC.CCN1CCCC1C.Nc1ccc(NCc2ccc(C(=O)O)cc2)cc1. The molecule has 0 bridgehead atoms. The van der Waals surface area contributed by atoms with Gasteiger partial charge < -0.3 is 26.0 Å². The Labute approximate surface area is 174 Å². The Bertz CT molecular complexity index is 730. The Morgan fingerprint density at radius 2 is 1.83 bits per heavy atom. The molecule has 4 N–H and O–H groups in total. The highest BCUT2D eigenvalue weighted by molar-refractivity contribution is 5.87. The van der Waals surface area contributed by atoms with E-state index in [2.05, 4.69) is 35.8 Å². The number of aromatic carboxylic acids is 1. The molecular formula is C23H34N4O2. The molecule has 6 nitrogen and oxygen atoms in total. The Kier molecular flexibility index (Phi) is 11.1. The van der Waals surface area contributed by atoms with Crippen LogP contribution in [0, 0.1) is 0 Å². The van der Waals surface area contributed by atoms with E-state index in [4.69, 9.17) is 10.8 Å². The number of nitrogens with two attached hydrogens (primary N) is 1. The van der Waals surface area contributed by atoms with Gasteiger partial charge in [0.05, 0.1) is 5.56 Å². The van der Waals surface area contributed by atoms with Gasteiger partial charge in [-0.2, -0.15) is 0 Å². The highest BCUT2D eigenvalue weighted by Crippen LogP contribution is 2.15. The molecule has 0 aliphatic carbocycles. The molecule has 2 aromatic rings. The maximum absolute atomic E-state index is 10.7. The van der Waals surface area contributed by atoms with Crippen molar-refractivity contribution in [2.24, 2.45) is 4.99 Å².